The molecule has 0 aliphatic rings. The van der Waals surface area contributed by atoms with Gasteiger partial charge in [-0.1, -0.05) is 18.7 Å². The first-order valence-corrected chi connectivity index (χ1v) is 9.61. The number of hydrogen-bond donors (Lipinski definition) is 0. The van der Waals surface area contributed by atoms with Crippen molar-refractivity contribution < 1.29 is 17.0 Å². The van der Waals surface area contributed by atoms with Crippen molar-refractivity contribution in [1.29, 1.82) is 0 Å². The van der Waals surface area contributed by atoms with Gasteiger partial charge in [-0.3, -0.25) is 8.98 Å². The van der Waals surface area contributed by atoms with E-state index in [1.807, 2.05) is 13.8 Å². The Balaban J connectivity index is 2.69. The highest BCUT2D eigenvalue weighted by Crippen LogP contribution is 2.30. The predicted molar refractivity (Wildman–Crippen MR) is 88.0 cm³/mol. The topological polar surface area (TPSA) is 73.6 Å². The van der Waals surface area contributed by atoms with Crippen LogP contribution in [0.2, 0.25) is 0 Å². The van der Waals surface area contributed by atoms with Gasteiger partial charge in [0, 0.05) is 11.6 Å². The van der Waals surface area contributed by atoms with E-state index in [1.54, 1.807) is 19.1 Å². The van der Waals surface area contributed by atoms with Crippen LogP contribution in [0.3, 0.4) is 0 Å². The maximum atomic E-state index is 12.3. The van der Waals surface area contributed by atoms with Crippen LogP contribution in [0.5, 0.6) is 0 Å². The van der Waals surface area contributed by atoms with Gasteiger partial charge in [-0.05, 0) is 37.3 Å². The van der Waals surface area contributed by atoms with Crippen molar-refractivity contribution in [2.24, 2.45) is 0 Å². The quantitative estimate of drug-likeness (QED) is 0.613. The third kappa shape index (κ3) is 3.91. The minimum Gasteiger partial charge on any atom is -0.449 e. The molecule has 0 saturated carbocycles. The van der Waals surface area contributed by atoms with E-state index < -0.39 is 16.2 Å². The summed E-state index contributed by atoms with van der Waals surface area (Å²) in [6, 6.07) is 4.97. The summed E-state index contributed by atoms with van der Waals surface area (Å²) in [5.41, 5.74) is 1.63. The fraction of sp³-hybridized carbons (Fsp3) is 0.400. The van der Waals surface area contributed by atoms with Crippen LogP contribution in [0.25, 0.3) is 11.0 Å². The molecule has 0 radical (unpaired) electrons. The highest BCUT2D eigenvalue weighted by Gasteiger charge is 2.19. The van der Waals surface area contributed by atoms with E-state index in [-0.39, 0.29) is 5.43 Å². The molecule has 1 heterocycles. The second-order valence-corrected chi connectivity index (χ2v) is 7.91. The molecule has 0 spiro atoms. The summed E-state index contributed by atoms with van der Waals surface area (Å²) in [6.45, 7) is 5.42. The van der Waals surface area contributed by atoms with Crippen LogP contribution in [0.15, 0.2) is 32.5 Å². The highest BCUT2D eigenvalue weighted by molar-refractivity contribution is 7.99. The molecule has 0 N–H and O–H groups in total. The molecule has 1 aromatic heterocycles. The third-order valence-electron chi connectivity index (χ3n) is 3.02. The van der Waals surface area contributed by atoms with Gasteiger partial charge < -0.3 is 4.42 Å². The molecular weight excluding hydrogens is 324 g/mol. The van der Waals surface area contributed by atoms with Crippen LogP contribution in [0.1, 0.15) is 31.1 Å². The van der Waals surface area contributed by atoms with E-state index in [0.29, 0.717) is 21.6 Å². The zero-order chi connectivity index (χ0) is 16.5. The lowest BCUT2D eigenvalue weighted by Gasteiger charge is -2.14. The van der Waals surface area contributed by atoms with Gasteiger partial charge in [0.1, 0.15) is 11.7 Å². The Morgan fingerprint density at radius 3 is 2.59 bits per heavy atom. The Kier molecular flexibility index (Phi) is 4.99. The highest BCUT2D eigenvalue weighted by atomic mass is 32.2. The Morgan fingerprint density at radius 2 is 2.00 bits per heavy atom. The summed E-state index contributed by atoms with van der Waals surface area (Å²) in [4.78, 5) is 12.3. The Labute approximate surface area is 133 Å². The van der Waals surface area contributed by atoms with Gasteiger partial charge in [-0.2, -0.15) is 8.42 Å². The van der Waals surface area contributed by atoms with Crippen molar-refractivity contribution in [2.45, 2.75) is 32.0 Å². The number of rotatable bonds is 5. The van der Waals surface area contributed by atoms with Crippen LogP contribution >= 0.6 is 11.8 Å². The molecule has 2 aromatic rings. The third-order valence-corrected chi connectivity index (χ3v) is 4.44. The van der Waals surface area contributed by atoms with E-state index in [4.69, 9.17) is 8.60 Å². The molecule has 0 bridgehead atoms. The Bertz CT molecular complexity index is 852. The lowest BCUT2D eigenvalue weighted by atomic mass is 10.0. The molecule has 5 nitrogen and oxygen atoms in total. The molecule has 1 aromatic carbocycles. The lowest BCUT2D eigenvalue weighted by Crippen LogP contribution is -2.10. The number of thioether (sulfide) groups is 1. The number of benzene rings is 1. The van der Waals surface area contributed by atoms with Gasteiger partial charge in [-0.25, -0.2) is 0 Å². The number of hydrogen-bond acceptors (Lipinski definition) is 6. The van der Waals surface area contributed by atoms with Crippen molar-refractivity contribution in [1.82, 2.24) is 0 Å². The van der Waals surface area contributed by atoms with Crippen molar-refractivity contribution in [3.63, 3.8) is 0 Å². The number of fused-ring (bicyclic) bond motifs is 1. The second kappa shape index (κ2) is 6.44. The Morgan fingerprint density at radius 1 is 1.32 bits per heavy atom. The molecular formula is C15H18O5S2. The van der Waals surface area contributed by atoms with E-state index >= 15 is 0 Å². The average molecular weight is 342 g/mol. The molecule has 1 unspecified atom stereocenters. The van der Waals surface area contributed by atoms with E-state index in [1.165, 1.54) is 17.8 Å². The first-order chi connectivity index (χ1) is 10.2. The van der Waals surface area contributed by atoms with Gasteiger partial charge in [0.2, 0.25) is 0 Å². The fourth-order valence-electron chi connectivity index (χ4n) is 2.24. The molecule has 0 aliphatic heterocycles. The minimum absolute atomic E-state index is 0.145. The molecule has 0 fully saturated rings. The molecule has 22 heavy (non-hydrogen) atoms. The molecule has 1 atom stereocenters. The van der Waals surface area contributed by atoms with Gasteiger partial charge in [0.25, 0.3) is 10.1 Å². The first-order valence-electron chi connectivity index (χ1n) is 6.80. The van der Waals surface area contributed by atoms with Crippen molar-refractivity contribution in [3.05, 3.63) is 39.5 Å². The molecule has 0 amide bonds. The average Bonchev–Trinajstić information content (AvgIpc) is 2.37. The van der Waals surface area contributed by atoms with E-state index in [2.05, 4.69) is 0 Å². The second-order valence-electron chi connectivity index (χ2n) is 5.04. The molecule has 2 rings (SSSR count). The zero-order valence-electron chi connectivity index (χ0n) is 12.9. The van der Waals surface area contributed by atoms with Crippen LogP contribution in [-0.2, 0) is 14.3 Å². The Hall–Kier alpha value is -1.31. The summed E-state index contributed by atoms with van der Waals surface area (Å²) >= 11 is 1.42. The molecule has 0 saturated heterocycles. The van der Waals surface area contributed by atoms with Crippen molar-refractivity contribution in [2.75, 3.05) is 12.0 Å². The molecule has 120 valence electrons. The van der Waals surface area contributed by atoms with Crippen LogP contribution < -0.4 is 5.43 Å². The van der Waals surface area contributed by atoms with Gasteiger partial charge in [-0.15, -0.1) is 0 Å². The summed E-state index contributed by atoms with van der Waals surface area (Å²) < 4.78 is 33.5. The van der Waals surface area contributed by atoms with Crippen molar-refractivity contribution >= 4 is 32.8 Å². The lowest BCUT2D eigenvalue weighted by molar-refractivity contribution is 0.236. The summed E-state index contributed by atoms with van der Waals surface area (Å²) in [5, 5.41) is 0.941. The monoisotopic (exact) mass is 342 g/mol. The summed E-state index contributed by atoms with van der Waals surface area (Å²) in [6.07, 6.45) is 0.262. The normalized spacial score (nSPS) is 13.5. The van der Waals surface area contributed by atoms with Crippen LogP contribution in [0, 0.1) is 6.92 Å². The standard InChI is InChI=1S/C15H18O5S2/c1-5-21-14-8-13(16)12-7-9(2)6-11(15(12)19-14)10(3)20-22(4,17)18/h6-8,10H,5H2,1-4H3. The minimum atomic E-state index is -3.61. The predicted octanol–water partition coefficient (Wildman–Crippen LogP) is 3.25. The maximum Gasteiger partial charge on any atom is 0.264 e. The van der Waals surface area contributed by atoms with Gasteiger partial charge in [0.05, 0.1) is 11.6 Å². The molecule has 7 heteroatoms. The summed E-state index contributed by atoms with van der Waals surface area (Å²) in [5.74, 6) is 0.769. The zero-order valence-corrected chi connectivity index (χ0v) is 14.5. The van der Waals surface area contributed by atoms with E-state index in [0.717, 1.165) is 17.6 Å². The smallest absolute Gasteiger partial charge is 0.264 e. The molecule has 0 aliphatic carbocycles. The van der Waals surface area contributed by atoms with Crippen LogP contribution in [-0.4, -0.2) is 20.4 Å². The first kappa shape index (κ1) is 17.1. The van der Waals surface area contributed by atoms with Crippen molar-refractivity contribution in [3.8, 4) is 0 Å². The van der Waals surface area contributed by atoms with Gasteiger partial charge >= 0.3 is 0 Å². The van der Waals surface area contributed by atoms with Gasteiger partial charge in [0.15, 0.2) is 10.5 Å². The SMILES string of the molecule is CCSc1cc(=O)c2cc(C)cc(C(C)OS(C)(=O)=O)c2o1. The summed E-state index contributed by atoms with van der Waals surface area (Å²) in [7, 11) is -3.61. The van der Waals surface area contributed by atoms with Crippen LogP contribution in [0.4, 0.5) is 0 Å². The maximum absolute atomic E-state index is 12.3. The fourth-order valence-corrected chi connectivity index (χ4v) is 3.49. The number of aryl methyl sites for hydroxylation is 1. The van der Waals surface area contributed by atoms with E-state index in [9.17, 15) is 13.2 Å². The largest absolute Gasteiger partial charge is 0.449 e.